The van der Waals surface area contributed by atoms with Gasteiger partial charge >= 0.3 is 0 Å². The van der Waals surface area contributed by atoms with Gasteiger partial charge < -0.3 is 5.11 Å². The first-order chi connectivity index (χ1) is 7.34. The topological polar surface area (TPSA) is 24.1 Å². The number of nitrogens with zero attached hydrogens (tertiary/aromatic N) is 1. The van der Waals surface area contributed by atoms with Gasteiger partial charge in [0.05, 0.1) is 0 Å². The molecule has 2 rings (SSSR count). The van der Waals surface area contributed by atoms with Crippen molar-refractivity contribution in [2.45, 2.75) is 0 Å². The van der Waals surface area contributed by atoms with E-state index in [2.05, 4.69) is 0 Å². The molecule has 0 saturated carbocycles. The van der Waals surface area contributed by atoms with Gasteiger partial charge in [0, 0.05) is 12.1 Å². The monoisotopic (exact) mass is 198 g/mol. The summed E-state index contributed by atoms with van der Waals surface area (Å²) in [6.45, 7) is 0. The predicted octanol–water partition coefficient (Wildman–Crippen LogP) is 2.31. The van der Waals surface area contributed by atoms with Gasteiger partial charge in [0.25, 0.3) is 0 Å². The van der Waals surface area contributed by atoms with Crippen LogP contribution in [0.1, 0.15) is 5.56 Å². The normalized spacial score (nSPS) is 10.7. The van der Waals surface area contributed by atoms with Crippen LogP contribution in [0.3, 0.4) is 0 Å². The van der Waals surface area contributed by atoms with E-state index in [1.54, 1.807) is 18.3 Å². The van der Waals surface area contributed by atoms with Gasteiger partial charge in [-0.15, -0.1) is 0 Å². The van der Waals surface area contributed by atoms with Crippen molar-refractivity contribution in [1.82, 2.24) is 0 Å². The SMILES string of the molecule is Oc1ccc[n+](C=Cc2ccccc2)c1. The van der Waals surface area contributed by atoms with E-state index in [0.29, 0.717) is 0 Å². The summed E-state index contributed by atoms with van der Waals surface area (Å²) >= 11 is 0. The Kier molecular flexibility index (Phi) is 2.79. The van der Waals surface area contributed by atoms with Crippen LogP contribution in [-0.2, 0) is 0 Å². The van der Waals surface area contributed by atoms with Crippen LogP contribution in [0.2, 0.25) is 0 Å². The Balaban J connectivity index is 2.19. The second-order valence-corrected chi connectivity index (χ2v) is 3.24. The third-order valence-corrected chi connectivity index (χ3v) is 2.05. The van der Waals surface area contributed by atoms with Crippen LogP contribution >= 0.6 is 0 Å². The smallest absolute Gasteiger partial charge is 0.216 e. The number of pyridine rings is 1. The summed E-state index contributed by atoms with van der Waals surface area (Å²) in [6.07, 6.45) is 7.41. The van der Waals surface area contributed by atoms with Crippen LogP contribution in [0.15, 0.2) is 54.9 Å². The van der Waals surface area contributed by atoms with Crippen LogP contribution < -0.4 is 4.57 Å². The van der Waals surface area contributed by atoms with Crippen molar-refractivity contribution in [1.29, 1.82) is 0 Å². The van der Waals surface area contributed by atoms with Gasteiger partial charge in [-0.3, -0.25) is 0 Å². The second-order valence-electron chi connectivity index (χ2n) is 3.24. The first-order valence-electron chi connectivity index (χ1n) is 4.77. The Bertz CT molecular complexity index is 463. The van der Waals surface area contributed by atoms with E-state index >= 15 is 0 Å². The van der Waals surface area contributed by atoms with Crippen molar-refractivity contribution in [3.8, 4) is 5.75 Å². The first kappa shape index (κ1) is 9.46. The maximum atomic E-state index is 9.26. The zero-order valence-corrected chi connectivity index (χ0v) is 8.25. The fourth-order valence-corrected chi connectivity index (χ4v) is 1.31. The number of rotatable bonds is 2. The van der Waals surface area contributed by atoms with Crippen molar-refractivity contribution >= 4 is 12.3 Å². The van der Waals surface area contributed by atoms with Crippen LogP contribution in [0, 0.1) is 0 Å². The zero-order chi connectivity index (χ0) is 10.5. The molecule has 1 heterocycles. The highest BCUT2D eigenvalue weighted by molar-refractivity contribution is 5.56. The lowest BCUT2D eigenvalue weighted by molar-refractivity contribution is -0.567. The van der Waals surface area contributed by atoms with Crippen LogP contribution in [0.25, 0.3) is 12.3 Å². The minimum absolute atomic E-state index is 0.259. The Morgan fingerprint density at radius 3 is 2.53 bits per heavy atom. The largest absolute Gasteiger partial charge is 0.503 e. The van der Waals surface area contributed by atoms with Gasteiger partial charge in [-0.25, -0.2) is 0 Å². The first-order valence-corrected chi connectivity index (χ1v) is 4.77. The Morgan fingerprint density at radius 2 is 1.80 bits per heavy atom. The van der Waals surface area contributed by atoms with E-state index in [1.165, 1.54) is 0 Å². The average Bonchev–Trinajstić information content (AvgIpc) is 2.28. The summed E-state index contributed by atoms with van der Waals surface area (Å²) in [7, 11) is 0. The molecule has 1 aromatic heterocycles. The lowest BCUT2D eigenvalue weighted by Gasteiger charge is -1.90. The predicted molar refractivity (Wildman–Crippen MR) is 60.0 cm³/mol. The highest BCUT2D eigenvalue weighted by Gasteiger charge is 1.95. The number of aromatic hydroxyl groups is 1. The maximum absolute atomic E-state index is 9.26. The lowest BCUT2D eigenvalue weighted by atomic mass is 10.2. The van der Waals surface area contributed by atoms with Crippen LogP contribution in [0.5, 0.6) is 5.75 Å². The number of hydrogen-bond donors (Lipinski definition) is 1. The third kappa shape index (κ3) is 2.68. The molecule has 0 aliphatic heterocycles. The maximum Gasteiger partial charge on any atom is 0.216 e. The molecular formula is C13H12NO+. The molecule has 15 heavy (non-hydrogen) atoms. The van der Waals surface area contributed by atoms with Crippen LogP contribution in [0.4, 0.5) is 0 Å². The zero-order valence-electron chi connectivity index (χ0n) is 8.25. The summed E-state index contributed by atoms with van der Waals surface area (Å²) in [5.74, 6) is 0.259. The van der Waals surface area contributed by atoms with Crippen molar-refractivity contribution in [2.24, 2.45) is 0 Å². The van der Waals surface area contributed by atoms with E-state index in [1.807, 2.05) is 53.4 Å². The third-order valence-electron chi connectivity index (χ3n) is 2.05. The van der Waals surface area contributed by atoms with Gasteiger partial charge in [0.1, 0.15) is 0 Å². The van der Waals surface area contributed by atoms with Gasteiger partial charge in [-0.1, -0.05) is 30.3 Å². The van der Waals surface area contributed by atoms with Gasteiger partial charge in [0.15, 0.2) is 18.1 Å². The molecule has 0 unspecified atom stereocenters. The van der Waals surface area contributed by atoms with E-state index in [0.717, 1.165) is 5.56 Å². The molecule has 0 fully saturated rings. The molecule has 74 valence electrons. The molecule has 0 aliphatic carbocycles. The van der Waals surface area contributed by atoms with Crippen molar-refractivity contribution in [3.63, 3.8) is 0 Å². The van der Waals surface area contributed by atoms with Crippen molar-refractivity contribution in [2.75, 3.05) is 0 Å². The number of aromatic nitrogens is 1. The van der Waals surface area contributed by atoms with E-state index in [9.17, 15) is 5.11 Å². The summed E-state index contributed by atoms with van der Waals surface area (Å²) in [5.41, 5.74) is 1.13. The van der Waals surface area contributed by atoms with E-state index < -0.39 is 0 Å². The standard InChI is InChI=1S/C13H11NO/c15-13-7-4-9-14(11-13)10-8-12-5-2-1-3-6-12/h1-11H/p+1. The summed E-state index contributed by atoms with van der Waals surface area (Å²) < 4.78 is 1.81. The molecule has 0 bridgehead atoms. The minimum Gasteiger partial charge on any atom is -0.503 e. The summed E-state index contributed by atoms with van der Waals surface area (Å²) in [5, 5.41) is 9.26. The highest BCUT2D eigenvalue weighted by Crippen LogP contribution is 2.02. The van der Waals surface area contributed by atoms with E-state index in [4.69, 9.17) is 0 Å². The Labute approximate surface area is 88.8 Å². The molecular weight excluding hydrogens is 186 g/mol. The van der Waals surface area contributed by atoms with Gasteiger partial charge in [-0.05, 0) is 11.6 Å². The van der Waals surface area contributed by atoms with Crippen LogP contribution in [-0.4, -0.2) is 5.11 Å². The lowest BCUT2D eigenvalue weighted by Crippen LogP contribution is -2.23. The molecule has 2 aromatic rings. The van der Waals surface area contributed by atoms with Gasteiger partial charge in [-0.2, -0.15) is 4.57 Å². The molecule has 2 heteroatoms. The molecule has 0 spiro atoms. The van der Waals surface area contributed by atoms with E-state index in [-0.39, 0.29) is 5.75 Å². The molecule has 0 amide bonds. The average molecular weight is 198 g/mol. The minimum atomic E-state index is 0.259. The number of hydrogen-bond acceptors (Lipinski definition) is 1. The molecule has 0 saturated heterocycles. The fourth-order valence-electron chi connectivity index (χ4n) is 1.31. The Morgan fingerprint density at radius 1 is 1.00 bits per heavy atom. The van der Waals surface area contributed by atoms with Gasteiger partial charge in [0.2, 0.25) is 6.20 Å². The van der Waals surface area contributed by atoms with Crippen molar-refractivity contribution in [3.05, 3.63) is 60.4 Å². The molecule has 0 atom stereocenters. The summed E-state index contributed by atoms with van der Waals surface area (Å²) in [4.78, 5) is 0. The molecule has 0 aliphatic rings. The Hall–Kier alpha value is -2.09. The van der Waals surface area contributed by atoms with Crippen molar-refractivity contribution < 1.29 is 9.67 Å². The molecule has 2 nitrogen and oxygen atoms in total. The molecule has 1 N–H and O–H groups in total. The second kappa shape index (κ2) is 4.42. The highest BCUT2D eigenvalue weighted by atomic mass is 16.3. The number of benzene rings is 1. The molecule has 1 aromatic carbocycles. The molecule has 0 radical (unpaired) electrons. The fraction of sp³-hybridized carbons (Fsp3) is 0. The quantitative estimate of drug-likeness (QED) is 0.736. The summed E-state index contributed by atoms with van der Waals surface area (Å²) in [6, 6.07) is 13.5.